The molecule has 3 nitrogen and oxygen atoms in total. The molecule has 0 aliphatic heterocycles. The number of halogens is 1. The third-order valence-corrected chi connectivity index (χ3v) is 2.66. The normalized spacial score (nSPS) is 10.9. The van der Waals surface area contributed by atoms with Crippen LogP contribution in [0.3, 0.4) is 0 Å². The van der Waals surface area contributed by atoms with Gasteiger partial charge in [-0.2, -0.15) is 5.10 Å². The van der Waals surface area contributed by atoms with Crippen molar-refractivity contribution in [3.63, 3.8) is 0 Å². The summed E-state index contributed by atoms with van der Waals surface area (Å²) in [5, 5.41) is 17.3. The van der Waals surface area contributed by atoms with Gasteiger partial charge in [0, 0.05) is 10.9 Å². The summed E-state index contributed by atoms with van der Waals surface area (Å²) in [6.45, 7) is 0. The van der Waals surface area contributed by atoms with Crippen LogP contribution < -0.4 is 0 Å². The number of aromatic hydroxyl groups is 1. The minimum Gasteiger partial charge on any atom is -0.508 e. The van der Waals surface area contributed by atoms with Crippen molar-refractivity contribution in [2.75, 3.05) is 0 Å². The third kappa shape index (κ3) is 1.63. The van der Waals surface area contributed by atoms with Crippen molar-refractivity contribution in [2.24, 2.45) is 0 Å². The SMILES string of the molecule is Oc1ccc2[nH]nc(-c3ccc(F)cc3)c2c1. The van der Waals surface area contributed by atoms with Crippen molar-refractivity contribution in [3.8, 4) is 17.0 Å². The maximum absolute atomic E-state index is 12.8. The Morgan fingerprint density at radius 2 is 1.82 bits per heavy atom. The Labute approximate surface area is 96.5 Å². The number of nitrogens with zero attached hydrogens (tertiary/aromatic N) is 1. The van der Waals surface area contributed by atoms with Gasteiger partial charge in [-0.3, -0.25) is 5.10 Å². The molecular weight excluding hydrogens is 219 g/mol. The Morgan fingerprint density at radius 1 is 1.06 bits per heavy atom. The number of nitrogens with one attached hydrogen (secondary N) is 1. The third-order valence-electron chi connectivity index (χ3n) is 2.66. The number of H-pyrrole nitrogens is 1. The number of phenols is 1. The molecule has 0 saturated heterocycles. The van der Waals surface area contributed by atoms with Crippen LogP contribution in [0.4, 0.5) is 4.39 Å². The quantitative estimate of drug-likeness (QED) is 0.672. The number of hydrogen-bond donors (Lipinski definition) is 2. The Kier molecular flexibility index (Phi) is 2.08. The molecule has 1 aromatic heterocycles. The fourth-order valence-electron chi connectivity index (χ4n) is 1.83. The molecule has 0 aliphatic carbocycles. The predicted octanol–water partition coefficient (Wildman–Crippen LogP) is 3.07. The summed E-state index contributed by atoms with van der Waals surface area (Å²) in [6, 6.07) is 11.1. The molecule has 3 rings (SSSR count). The highest BCUT2D eigenvalue weighted by Gasteiger charge is 2.08. The van der Waals surface area contributed by atoms with E-state index >= 15 is 0 Å². The van der Waals surface area contributed by atoms with Crippen LogP contribution in [0.2, 0.25) is 0 Å². The number of fused-ring (bicyclic) bond motifs is 1. The average molecular weight is 228 g/mol. The summed E-state index contributed by atoms with van der Waals surface area (Å²) in [5.74, 6) is -0.0984. The average Bonchev–Trinajstić information content (AvgIpc) is 2.73. The summed E-state index contributed by atoms with van der Waals surface area (Å²) < 4.78 is 12.8. The highest BCUT2D eigenvalue weighted by Crippen LogP contribution is 2.28. The molecule has 0 spiro atoms. The molecule has 0 aliphatic rings. The van der Waals surface area contributed by atoms with E-state index < -0.39 is 0 Å². The first-order chi connectivity index (χ1) is 8.24. The van der Waals surface area contributed by atoms with E-state index in [9.17, 15) is 9.50 Å². The molecule has 0 amide bonds. The van der Waals surface area contributed by atoms with Gasteiger partial charge in [0.2, 0.25) is 0 Å². The van der Waals surface area contributed by atoms with Crippen LogP contribution in [0.15, 0.2) is 42.5 Å². The Hall–Kier alpha value is -2.36. The Morgan fingerprint density at radius 3 is 2.59 bits per heavy atom. The fraction of sp³-hybridized carbons (Fsp3) is 0. The van der Waals surface area contributed by atoms with Gasteiger partial charge in [-0.15, -0.1) is 0 Å². The van der Waals surface area contributed by atoms with Crippen molar-refractivity contribution in [1.29, 1.82) is 0 Å². The van der Waals surface area contributed by atoms with E-state index in [4.69, 9.17) is 0 Å². The van der Waals surface area contributed by atoms with Gasteiger partial charge in [-0.1, -0.05) is 0 Å². The maximum Gasteiger partial charge on any atom is 0.123 e. The summed E-state index contributed by atoms with van der Waals surface area (Å²) in [4.78, 5) is 0. The van der Waals surface area contributed by atoms with Gasteiger partial charge >= 0.3 is 0 Å². The maximum atomic E-state index is 12.8. The van der Waals surface area contributed by atoms with Gasteiger partial charge < -0.3 is 5.11 Å². The number of aromatic amines is 1. The van der Waals surface area contributed by atoms with E-state index in [-0.39, 0.29) is 11.6 Å². The Balaban J connectivity index is 2.23. The van der Waals surface area contributed by atoms with E-state index in [1.54, 1.807) is 30.3 Å². The zero-order valence-corrected chi connectivity index (χ0v) is 8.81. The van der Waals surface area contributed by atoms with Gasteiger partial charge in [0.25, 0.3) is 0 Å². The molecule has 84 valence electrons. The van der Waals surface area contributed by atoms with Crippen molar-refractivity contribution in [2.45, 2.75) is 0 Å². The second kappa shape index (κ2) is 3.59. The van der Waals surface area contributed by atoms with Crippen LogP contribution in [0.1, 0.15) is 0 Å². The molecular formula is C13H9FN2O. The number of phenolic OH excluding ortho intramolecular Hbond substituents is 1. The topological polar surface area (TPSA) is 48.9 Å². The lowest BCUT2D eigenvalue weighted by Crippen LogP contribution is -1.79. The molecule has 0 atom stereocenters. The summed E-state index contributed by atoms with van der Waals surface area (Å²) in [6.07, 6.45) is 0. The highest BCUT2D eigenvalue weighted by atomic mass is 19.1. The minimum atomic E-state index is -0.281. The molecule has 0 unspecified atom stereocenters. The molecule has 3 aromatic rings. The molecule has 2 N–H and O–H groups in total. The molecule has 1 heterocycles. The van der Waals surface area contributed by atoms with E-state index in [0.717, 1.165) is 16.5 Å². The molecule has 0 radical (unpaired) electrons. The van der Waals surface area contributed by atoms with Crippen LogP contribution in [-0.4, -0.2) is 15.3 Å². The van der Waals surface area contributed by atoms with Crippen LogP contribution >= 0.6 is 0 Å². The predicted molar refractivity (Wildman–Crippen MR) is 63.2 cm³/mol. The first-order valence-corrected chi connectivity index (χ1v) is 5.17. The van der Waals surface area contributed by atoms with Crippen molar-refractivity contribution in [3.05, 3.63) is 48.3 Å². The van der Waals surface area contributed by atoms with Crippen molar-refractivity contribution in [1.82, 2.24) is 10.2 Å². The van der Waals surface area contributed by atoms with Gasteiger partial charge in [-0.25, -0.2) is 4.39 Å². The van der Waals surface area contributed by atoms with Gasteiger partial charge in [-0.05, 0) is 42.5 Å². The van der Waals surface area contributed by atoms with Crippen LogP contribution in [-0.2, 0) is 0 Å². The summed E-state index contributed by atoms with van der Waals surface area (Å²) in [5.41, 5.74) is 2.35. The fourth-order valence-corrected chi connectivity index (χ4v) is 1.83. The number of hydrogen-bond acceptors (Lipinski definition) is 2. The Bertz CT molecular complexity index is 673. The molecule has 2 aromatic carbocycles. The first kappa shape index (κ1) is 9.84. The number of benzene rings is 2. The van der Waals surface area contributed by atoms with Gasteiger partial charge in [0.05, 0.1) is 5.52 Å². The van der Waals surface area contributed by atoms with Crippen LogP contribution in [0.25, 0.3) is 22.2 Å². The van der Waals surface area contributed by atoms with Gasteiger partial charge in [0.15, 0.2) is 0 Å². The smallest absolute Gasteiger partial charge is 0.123 e. The second-order valence-corrected chi connectivity index (χ2v) is 3.81. The summed E-state index contributed by atoms with van der Waals surface area (Å²) in [7, 11) is 0. The minimum absolute atomic E-state index is 0.183. The van der Waals surface area contributed by atoms with E-state index in [0.29, 0.717) is 5.69 Å². The molecule has 0 bridgehead atoms. The molecule has 17 heavy (non-hydrogen) atoms. The van der Waals surface area contributed by atoms with Gasteiger partial charge in [0.1, 0.15) is 17.3 Å². The lowest BCUT2D eigenvalue weighted by atomic mass is 10.1. The lowest BCUT2D eigenvalue weighted by Gasteiger charge is -1.98. The first-order valence-electron chi connectivity index (χ1n) is 5.17. The van der Waals surface area contributed by atoms with Crippen molar-refractivity contribution < 1.29 is 9.50 Å². The largest absolute Gasteiger partial charge is 0.508 e. The molecule has 0 saturated carbocycles. The van der Waals surface area contributed by atoms with E-state index in [2.05, 4.69) is 10.2 Å². The lowest BCUT2D eigenvalue weighted by molar-refractivity contribution is 0.476. The van der Waals surface area contributed by atoms with E-state index in [1.807, 2.05) is 0 Å². The molecule has 0 fully saturated rings. The van der Waals surface area contributed by atoms with Crippen LogP contribution in [0, 0.1) is 5.82 Å². The van der Waals surface area contributed by atoms with E-state index in [1.165, 1.54) is 12.1 Å². The standard InChI is InChI=1S/C13H9FN2O/c14-9-3-1-8(2-4-9)13-11-7-10(17)5-6-12(11)15-16-13/h1-7,17H,(H,15,16). The van der Waals surface area contributed by atoms with Crippen molar-refractivity contribution >= 4 is 10.9 Å². The number of rotatable bonds is 1. The number of aromatic nitrogens is 2. The molecule has 4 heteroatoms. The second-order valence-electron chi connectivity index (χ2n) is 3.81. The summed E-state index contributed by atoms with van der Waals surface area (Å²) >= 11 is 0. The zero-order chi connectivity index (χ0) is 11.8. The monoisotopic (exact) mass is 228 g/mol. The van der Waals surface area contributed by atoms with Crippen LogP contribution in [0.5, 0.6) is 5.75 Å². The highest BCUT2D eigenvalue weighted by molar-refractivity contribution is 5.93. The zero-order valence-electron chi connectivity index (χ0n) is 8.81.